The van der Waals surface area contributed by atoms with Crippen LogP contribution in [0.15, 0.2) is 138 Å². The number of hydrogen-bond acceptors (Lipinski definition) is 8. The van der Waals surface area contributed by atoms with Crippen molar-refractivity contribution in [1.82, 2.24) is 14.6 Å². The fourth-order valence-corrected chi connectivity index (χ4v) is 7.33. The molecular weight excluding hydrogens is 637 g/mol. The molecule has 0 saturated heterocycles. The predicted octanol–water partition coefficient (Wildman–Crippen LogP) is 8.59. The number of rotatable bonds is 9. The summed E-state index contributed by atoms with van der Waals surface area (Å²) in [5.41, 5.74) is 5.11. The monoisotopic (exact) mass is 671 g/mol. The molecule has 2 atom stereocenters. The van der Waals surface area contributed by atoms with Crippen molar-refractivity contribution >= 4 is 33.1 Å². The van der Waals surface area contributed by atoms with Crippen LogP contribution in [0.5, 0.6) is 11.5 Å². The van der Waals surface area contributed by atoms with E-state index in [9.17, 15) is 8.42 Å². The first-order chi connectivity index (χ1) is 23.7. The minimum atomic E-state index is -4.39. The van der Waals surface area contributed by atoms with Crippen LogP contribution in [0.25, 0.3) is 22.5 Å². The summed E-state index contributed by atoms with van der Waals surface area (Å²) >= 11 is 0. The summed E-state index contributed by atoms with van der Waals surface area (Å²) in [6, 6.07) is 40.9. The summed E-state index contributed by atoms with van der Waals surface area (Å²) in [5.74, 6) is 2.05. The van der Waals surface area contributed by atoms with E-state index in [-0.39, 0.29) is 4.90 Å². The van der Waals surface area contributed by atoms with Gasteiger partial charge in [-0.3, -0.25) is 4.90 Å². The first-order valence-electron chi connectivity index (χ1n) is 15.8. The lowest BCUT2D eigenvalue weighted by atomic mass is 10.0. The van der Waals surface area contributed by atoms with Crippen molar-refractivity contribution in [2.24, 2.45) is 0 Å². The number of hydrogen-bond donors (Lipinski definition) is 0. The second-order valence-electron chi connectivity index (χ2n) is 11.7. The number of quaternary nitrogens is 1. The molecule has 10 heteroatoms. The molecule has 0 bridgehead atoms. The molecule has 0 spiro atoms. The molecule has 0 N–H and O–H groups in total. The maximum Gasteiger partial charge on any atom is 0.344 e. The van der Waals surface area contributed by atoms with E-state index in [0.29, 0.717) is 40.2 Å². The third-order valence-corrected chi connectivity index (χ3v) is 10.0. The van der Waals surface area contributed by atoms with Gasteiger partial charge in [0.05, 0.1) is 24.8 Å². The fraction of sp³-hybridized carbons (Fsp3) is 0.128. The maximum absolute atomic E-state index is 14.4. The van der Waals surface area contributed by atoms with Crippen LogP contribution in [0.4, 0.5) is 23.0 Å². The minimum Gasteiger partial charge on any atom is -0.497 e. The zero-order valence-corrected chi connectivity index (χ0v) is 28.3. The van der Waals surface area contributed by atoms with E-state index >= 15 is 0 Å². The van der Waals surface area contributed by atoms with E-state index in [1.807, 2.05) is 104 Å². The van der Waals surface area contributed by atoms with Crippen LogP contribution in [-0.2, 0) is 14.4 Å². The summed E-state index contributed by atoms with van der Waals surface area (Å²) in [7, 11) is -1.19. The van der Waals surface area contributed by atoms with Gasteiger partial charge in [-0.25, -0.2) is 4.98 Å². The molecule has 9 nitrogen and oxygen atoms in total. The molecule has 0 radical (unpaired) electrons. The smallest absolute Gasteiger partial charge is 0.344 e. The number of anilines is 2. The highest BCUT2D eigenvalue weighted by Crippen LogP contribution is 2.54. The van der Waals surface area contributed by atoms with E-state index in [0.717, 1.165) is 22.4 Å². The number of hydroxylamine groups is 1. The Morgan fingerprint density at radius 3 is 1.69 bits per heavy atom. The van der Waals surface area contributed by atoms with Gasteiger partial charge in [0.2, 0.25) is 12.0 Å². The lowest BCUT2D eigenvalue weighted by Gasteiger charge is -2.34. The molecule has 0 amide bonds. The van der Waals surface area contributed by atoms with Crippen LogP contribution < -0.4 is 19.0 Å². The Labute approximate surface area is 286 Å². The van der Waals surface area contributed by atoms with E-state index in [1.54, 1.807) is 62.8 Å². The predicted molar refractivity (Wildman–Crippen MR) is 191 cm³/mol. The molecule has 0 fully saturated rings. The van der Waals surface area contributed by atoms with Gasteiger partial charge in [-0.2, -0.15) is 13.4 Å². The fourth-order valence-electron chi connectivity index (χ4n) is 6.18. The number of methoxy groups -OCH3 is 2. The zero-order valence-electron chi connectivity index (χ0n) is 27.5. The Morgan fingerprint density at radius 1 is 0.653 bits per heavy atom. The molecule has 1 aliphatic rings. The molecule has 1 aromatic heterocycles. The highest BCUT2D eigenvalue weighted by molar-refractivity contribution is 7.86. The SMILES string of the molecule is COc1ccc(N2c3nc(-c4ccccc4)c(-c4ccccc4)nc3[N+](OS(=O)(=O)c3ccc(C)cc3)(c3ccc(OC)cc3)C2C)cc1. The lowest BCUT2D eigenvalue weighted by Crippen LogP contribution is -2.54. The van der Waals surface area contributed by atoms with Crippen molar-refractivity contribution in [3.63, 3.8) is 0 Å². The van der Waals surface area contributed by atoms with Crippen molar-refractivity contribution in [1.29, 1.82) is 0 Å². The molecule has 5 aromatic carbocycles. The van der Waals surface area contributed by atoms with Crippen molar-refractivity contribution in [3.8, 4) is 34.0 Å². The van der Waals surface area contributed by atoms with Crippen LogP contribution in [0.3, 0.4) is 0 Å². The maximum atomic E-state index is 14.4. The van der Waals surface area contributed by atoms with Crippen molar-refractivity contribution in [2.75, 3.05) is 19.1 Å². The second-order valence-corrected chi connectivity index (χ2v) is 13.2. The van der Waals surface area contributed by atoms with Gasteiger partial charge >= 0.3 is 15.9 Å². The van der Waals surface area contributed by atoms with Gasteiger partial charge in [0, 0.05) is 35.9 Å². The summed E-state index contributed by atoms with van der Waals surface area (Å²) in [4.78, 5) is 12.7. The largest absolute Gasteiger partial charge is 0.497 e. The molecule has 246 valence electrons. The van der Waals surface area contributed by atoms with Crippen molar-refractivity contribution < 1.29 is 22.2 Å². The average Bonchev–Trinajstić information content (AvgIpc) is 3.38. The molecule has 0 saturated carbocycles. The standard InChI is InChI=1S/C39H35N4O5S/c1-27-15-25-35(26-16-27)49(44,45)48-43(32-19-23-34(47-4)24-20-32)28(2)42(31-17-21-33(46-3)22-18-31)38-39(43)41-37(30-13-9-6-10-14-30)36(40-38)29-11-7-5-8-12-29/h5-26,28H,1-4H3/q+1. The van der Waals surface area contributed by atoms with Gasteiger partial charge in [0.15, 0.2) is 5.69 Å². The summed E-state index contributed by atoms with van der Waals surface area (Å²) < 4.78 is 45.6. The zero-order chi connectivity index (χ0) is 34.2. The van der Waals surface area contributed by atoms with Gasteiger partial charge in [0.25, 0.3) is 0 Å². The molecule has 6 aromatic rings. The van der Waals surface area contributed by atoms with Crippen LogP contribution in [0.2, 0.25) is 0 Å². The number of fused-ring (bicyclic) bond motifs is 1. The van der Waals surface area contributed by atoms with E-state index in [4.69, 9.17) is 23.7 Å². The van der Waals surface area contributed by atoms with Crippen molar-refractivity contribution in [2.45, 2.75) is 24.9 Å². The van der Waals surface area contributed by atoms with Gasteiger partial charge in [-0.1, -0.05) is 87.3 Å². The van der Waals surface area contributed by atoms with E-state index < -0.39 is 20.9 Å². The summed E-state index contributed by atoms with van der Waals surface area (Å²) in [5, 5.41) is 0. The molecule has 0 aliphatic carbocycles. The molecule has 1 aliphatic heterocycles. The Bertz CT molecular complexity index is 2200. The lowest BCUT2D eigenvalue weighted by molar-refractivity contribution is -0.00820. The van der Waals surface area contributed by atoms with Crippen LogP contribution in [0, 0.1) is 6.92 Å². The van der Waals surface area contributed by atoms with Crippen molar-refractivity contribution in [3.05, 3.63) is 139 Å². The first kappa shape index (κ1) is 32.0. The number of benzene rings is 5. The van der Waals surface area contributed by atoms with E-state index in [1.165, 1.54) is 0 Å². The molecular formula is C39H35N4O5S+. The second kappa shape index (κ2) is 12.8. The number of aromatic nitrogens is 2. The Kier molecular flexibility index (Phi) is 8.37. The molecule has 2 heterocycles. The molecule has 49 heavy (non-hydrogen) atoms. The third kappa shape index (κ3) is 5.69. The molecule has 7 rings (SSSR count). The highest BCUT2D eigenvalue weighted by atomic mass is 32.2. The average molecular weight is 672 g/mol. The molecule has 2 unspecified atom stereocenters. The van der Waals surface area contributed by atoms with Gasteiger partial charge in [0.1, 0.15) is 17.2 Å². The van der Waals surface area contributed by atoms with Crippen LogP contribution >= 0.6 is 0 Å². The summed E-state index contributed by atoms with van der Waals surface area (Å²) in [6.07, 6.45) is -0.716. The number of ether oxygens (including phenoxy) is 2. The van der Waals surface area contributed by atoms with Crippen LogP contribution in [0.1, 0.15) is 12.5 Å². The topological polar surface area (TPSA) is 90.9 Å². The number of nitrogens with zero attached hydrogens (tertiary/aromatic N) is 4. The quantitative estimate of drug-likeness (QED) is 0.141. The van der Waals surface area contributed by atoms with Gasteiger partial charge in [-0.15, -0.1) is 0 Å². The Hall–Kier alpha value is -5.55. The van der Waals surface area contributed by atoms with Gasteiger partial charge < -0.3 is 9.47 Å². The minimum absolute atomic E-state index is 0.0258. The number of aryl methyl sites for hydroxylation is 1. The Balaban J connectivity index is 1.57. The van der Waals surface area contributed by atoms with Crippen LogP contribution in [-0.4, -0.2) is 38.8 Å². The third-order valence-electron chi connectivity index (χ3n) is 8.73. The highest BCUT2D eigenvalue weighted by Gasteiger charge is 2.60. The Morgan fingerprint density at radius 2 is 1.16 bits per heavy atom. The van der Waals surface area contributed by atoms with E-state index in [2.05, 4.69) is 0 Å². The first-order valence-corrected chi connectivity index (χ1v) is 17.2. The summed E-state index contributed by atoms with van der Waals surface area (Å²) in [6.45, 7) is 3.81. The van der Waals surface area contributed by atoms with Gasteiger partial charge in [-0.05, 0) is 55.5 Å². The normalized spacial score (nSPS) is 17.1.